The number of hydrogen-bond acceptors (Lipinski definition) is 4. The van der Waals surface area contributed by atoms with E-state index in [2.05, 4.69) is 8.91 Å². The molecule has 0 heterocycles. The molecule has 0 radical (unpaired) electrons. The Morgan fingerprint density at radius 2 is 1.83 bits per heavy atom. The Morgan fingerprint density at radius 3 is 2.33 bits per heavy atom. The standard InChI is InChI=1S/C14H19F3N2O4S/c1-3-23-24(21,22)19-12(11-7-5-4-6-8-11)9-10(2)18-13(20)14(15,16)17/h4-8,10,12,19H,3,9H2,1-2H3,(H,18,20). The van der Waals surface area contributed by atoms with Gasteiger partial charge in [-0.1, -0.05) is 30.3 Å². The Labute approximate surface area is 138 Å². The molecule has 1 rings (SSSR count). The van der Waals surface area contributed by atoms with E-state index in [4.69, 9.17) is 0 Å². The van der Waals surface area contributed by atoms with Gasteiger partial charge in [-0.15, -0.1) is 0 Å². The molecule has 0 bridgehead atoms. The van der Waals surface area contributed by atoms with Crippen LogP contribution < -0.4 is 10.0 Å². The molecule has 0 aromatic heterocycles. The zero-order chi connectivity index (χ0) is 18.4. The normalized spacial score (nSPS) is 14.9. The second-order valence-electron chi connectivity index (χ2n) is 5.05. The van der Waals surface area contributed by atoms with Gasteiger partial charge in [-0.3, -0.25) is 8.98 Å². The lowest BCUT2D eigenvalue weighted by Crippen LogP contribution is -2.43. The predicted octanol–water partition coefficient (Wildman–Crippen LogP) is 2.06. The maximum absolute atomic E-state index is 12.3. The van der Waals surface area contributed by atoms with Gasteiger partial charge in [0.1, 0.15) is 0 Å². The highest BCUT2D eigenvalue weighted by Gasteiger charge is 2.39. The minimum absolute atomic E-state index is 0.0852. The molecule has 0 spiro atoms. The van der Waals surface area contributed by atoms with Gasteiger partial charge < -0.3 is 5.32 Å². The largest absolute Gasteiger partial charge is 0.471 e. The van der Waals surface area contributed by atoms with Crippen molar-refractivity contribution in [1.29, 1.82) is 0 Å². The van der Waals surface area contributed by atoms with Gasteiger partial charge in [-0.25, -0.2) is 0 Å². The highest BCUT2D eigenvalue weighted by atomic mass is 32.2. The molecular weight excluding hydrogens is 349 g/mol. The fourth-order valence-electron chi connectivity index (χ4n) is 2.02. The molecule has 0 aliphatic heterocycles. The zero-order valence-corrected chi connectivity index (χ0v) is 13.9. The molecule has 1 aromatic carbocycles. The summed E-state index contributed by atoms with van der Waals surface area (Å²) in [6, 6.07) is 6.51. The lowest BCUT2D eigenvalue weighted by Gasteiger charge is -2.23. The number of hydrogen-bond donors (Lipinski definition) is 2. The molecule has 24 heavy (non-hydrogen) atoms. The van der Waals surface area contributed by atoms with Crippen LogP contribution in [-0.2, 0) is 19.3 Å². The Bertz CT molecular complexity index is 635. The second-order valence-corrected chi connectivity index (χ2v) is 6.43. The van der Waals surface area contributed by atoms with Gasteiger partial charge in [0.2, 0.25) is 0 Å². The van der Waals surface area contributed by atoms with E-state index >= 15 is 0 Å². The fraction of sp³-hybridized carbons (Fsp3) is 0.500. The summed E-state index contributed by atoms with van der Waals surface area (Å²) in [5.41, 5.74) is 0.536. The Morgan fingerprint density at radius 1 is 1.25 bits per heavy atom. The van der Waals surface area contributed by atoms with E-state index in [1.165, 1.54) is 13.8 Å². The zero-order valence-electron chi connectivity index (χ0n) is 13.1. The van der Waals surface area contributed by atoms with Gasteiger partial charge in [-0.2, -0.15) is 26.3 Å². The number of amides is 1. The number of carbonyl (C=O) groups is 1. The monoisotopic (exact) mass is 368 g/mol. The molecule has 0 aliphatic rings. The molecule has 1 aromatic rings. The molecule has 2 N–H and O–H groups in total. The highest BCUT2D eigenvalue weighted by molar-refractivity contribution is 7.84. The number of alkyl halides is 3. The van der Waals surface area contributed by atoms with E-state index in [0.29, 0.717) is 5.56 Å². The summed E-state index contributed by atoms with van der Waals surface area (Å²) in [6.45, 7) is 2.76. The van der Waals surface area contributed by atoms with E-state index in [1.807, 2.05) is 0 Å². The molecule has 2 atom stereocenters. The van der Waals surface area contributed by atoms with Crippen molar-refractivity contribution in [2.45, 2.75) is 38.5 Å². The first-order valence-electron chi connectivity index (χ1n) is 7.14. The quantitative estimate of drug-likeness (QED) is 0.736. The number of nitrogens with one attached hydrogen (secondary N) is 2. The molecule has 0 aliphatic carbocycles. The lowest BCUT2D eigenvalue weighted by molar-refractivity contribution is -0.174. The fourth-order valence-corrected chi connectivity index (χ4v) is 2.98. The van der Waals surface area contributed by atoms with Crippen molar-refractivity contribution in [3.63, 3.8) is 0 Å². The third kappa shape index (κ3) is 6.85. The summed E-state index contributed by atoms with van der Waals surface area (Å²) in [6.07, 6.45) is -5.08. The van der Waals surface area contributed by atoms with E-state index in [9.17, 15) is 26.4 Å². The van der Waals surface area contributed by atoms with Gasteiger partial charge in [0, 0.05) is 6.04 Å². The summed E-state index contributed by atoms with van der Waals surface area (Å²) in [7, 11) is -4.07. The SMILES string of the molecule is CCOS(=O)(=O)NC(CC(C)NC(=O)C(F)(F)F)c1ccccc1. The smallest absolute Gasteiger partial charge is 0.346 e. The van der Waals surface area contributed by atoms with Crippen LogP contribution in [0.1, 0.15) is 31.9 Å². The molecule has 0 fully saturated rings. The van der Waals surface area contributed by atoms with Crippen LogP contribution in [0.4, 0.5) is 13.2 Å². The number of halogens is 3. The van der Waals surface area contributed by atoms with Crippen LogP contribution in [0, 0.1) is 0 Å². The first-order valence-corrected chi connectivity index (χ1v) is 8.55. The summed E-state index contributed by atoms with van der Waals surface area (Å²) < 4.78 is 67.3. The summed E-state index contributed by atoms with van der Waals surface area (Å²) in [5.74, 6) is -2.07. The van der Waals surface area contributed by atoms with Crippen LogP contribution in [-0.4, -0.2) is 33.1 Å². The van der Waals surface area contributed by atoms with Crippen molar-refractivity contribution >= 4 is 16.2 Å². The molecule has 0 saturated carbocycles. The maximum Gasteiger partial charge on any atom is 0.471 e. The van der Waals surface area contributed by atoms with Gasteiger partial charge in [-0.05, 0) is 25.8 Å². The van der Waals surface area contributed by atoms with Crippen LogP contribution in [0.3, 0.4) is 0 Å². The average molecular weight is 368 g/mol. The maximum atomic E-state index is 12.3. The summed E-state index contributed by atoms with van der Waals surface area (Å²) in [4.78, 5) is 11.0. The van der Waals surface area contributed by atoms with Crippen molar-refractivity contribution in [1.82, 2.24) is 10.0 Å². The lowest BCUT2D eigenvalue weighted by atomic mass is 10.0. The number of rotatable bonds is 8. The molecule has 10 heteroatoms. The Kier molecular flexibility index (Phi) is 7.18. The topological polar surface area (TPSA) is 84.5 Å². The summed E-state index contributed by atoms with van der Waals surface area (Å²) in [5, 5.41) is 1.80. The minimum atomic E-state index is -5.00. The molecule has 2 unspecified atom stereocenters. The third-order valence-electron chi connectivity index (χ3n) is 2.99. The molecule has 6 nitrogen and oxygen atoms in total. The van der Waals surface area contributed by atoms with Crippen LogP contribution >= 0.6 is 0 Å². The van der Waals surface area contributed by atoms with E-state index in [0.717, 1.165) is 0 Å². The molecular formula is C14H19F3N2O4S. The summed E-state index contributed by atoms with van der Waals surface area (Å²) >= 11 is 0. The van der Waals surface area contributed by atoms with Gasteiger partial charge >= 0.3 is 22.4 Å². The first kappa shape index (κ1) is 20.4. The van der Waals surface area contributed by atoms with Crippen molar-refractivity contribution in [2.24, 2.45) is 0 Å². The average Bonchev–Trinajstić information content (AvgIpc) is 2.46. The molecule has 0 saturated heterocycles. The number of benzene rings is 1. The van der Waals surface area contributed by atoms with Crippen LogP contribution in [0.15, 0.2) is 30.3 Å². The van der Waals surface area contributed by atoms with E-state index < -0.39 is 34.5 Å². The second kappa shape index (κ2) is 8.45. The van der Waals surface area contributed by atoms with E-state index in [1.54, 1.807) is 35.6 Å². The van der Waals surface area contributed by atoms with Crippen molar-refractivity contribution in [2.75, 3.05) is 6.61 Å². The Hall–Kier alpha value is -1.65. The molecule has 136 valence electrons. The predicted molar refractivity (Wildman–Crippen MR) is 81.1 cm³/mol. The third-order valence-corrected chi connectivity index (χ3v) is 4.10. The van der Waals surface area contributed by atoms with Crippen LogP contribution in [0.5, 0.6) is 0 Å². The van der Waals surface area contributed by atoms with Gasteiger partial charge in [0.15, 0.2) is 0 Å². The number of carbonyl (C=O) groups excluding carboxylic acids is 1. The Balaban J connectivity index is 2.89. The first-order chi connectivity index (χ1) is 11.0. The van der Waals surface area contributed by atoms with Crippen molar-refractivity contribution < 1.29 is 30.6 Å². The van der Waals surface area contributed by atoms with Gasteiger partial charge in [0.05, 0.1) is 12.6 Å². The van der Waals surface area contributed by atoms with Crippen LogP contribution in [0.2, 0.25) is 0 Å². The molecule has 1 amide bonds. The highest BCUT2D eigenvalue weighted by Crippen LogP contribution is 2.21. The van der Waals surface area contributed by atoms with Crippen LogP contribution in [0.25, 0.3) is 0 Å². The minimum Gasteiger partial charge on any atom is -0.346 e. The van der Waals surface area contributed by atoms with E-state index in [-0.39, 0.29) is 13.0 Å². The van der Waals surface area contributed by atoms with Crippen molar-refractivity contribution in [3.8, 4) is 0 Å². The van der Waals surface area contributed by atoms with Gasteiger partial charge in [0.25, 0.3) is 0 Å². The van der Waals surface area contributed by atoms with Crippen molar-refractivity contribution in [3.05, 3.63) is 35.9 Å².